The number of ether oxygens (including phenoxy) is 1. The van der Waals surface area contributed by atoms with E-state index in [0.717, 1.165) is 0 Å². The van der Waals surface area contributed by atoms with Gasteiger partial charge < -0.3 is 4.74 Å². The van der Waals surface area contributed by atoms with Crippen molar-refractivity contribution in [1.82, 2.24) is 0 Å². The number of carbonyl (C=O) groups is 2. The van der Waals surface area contributed by atoms with Crippen LogP contribution >= 0.6 is 0 Å². The van der Waals surface area contributed by atoms with Crippen molar-refractivity contribution < 1.29 is 14.3 Å². The van der Waals surface area contributed by atoms with Gasteiger partial charge in [-0.1, -0.05) is 35.4 Å². The van der Waals surface area contributed by atoms with E-state index in [1.54, 1.807) is 37.3 Å². The molecule has 0 saturated carbocycles. The summed E-state index contributed by atoms with van der Waals surface area (Å²) < 4.78 is 4.58. The lowest BCUT2D eigenvalue weighted by molar-refractivity contribution is -0.154. The number of hydrogen-bond donors (Lipinski definition) is 0. The Morgan fingerprint density at radius 2 is 2.06 bits per heavy atom. The van der Waals surface area contributed by atoms with Crippen molar-refractivity contribution in [2.24, 2.45) is 5.11 Å². The van der Waals surface area contributed by atoms with Crippen LogP contribution in [0.3, 0.4) is 0 Å². The highest BCUT2D eigenvalue weighted by Gasteiger charge is 2.26. The van der Waals surface area contributed by atoms with Crippen LogP contribution in [-0.4, -0.2) is 18.4 Å². The number of benzene rings is 1. The fourth-order valence-corrected chi connectivity index (χ4v) is 1.27. The van der Waals surface area contributed by atoms with Gasteiger partial charge in [0.15, 0.2) is 0 Å². The molecule has 0 aliphatic rings. The Hall–Kier alpha value is -2.33. The number of nitrogens with zero attached hydrogens (tertiary/aromatic N) is 3. The van der Waals surface area contributed by atoms with Gasteiger partial charge in [0.25, 0.3) is 5.78 Å². The molecule has 0 radical (unpaired) electrons. The summed E-state index contributed by atoms with van der Waals surface area (Å²) in [5, 5.41) is 3.33. The number of Topliss-reactive ketones (excluding diaryl/α,β-unsaturated/α-hetero) is 1. The molecule has 6 nitrogen and oxygen atoms in total. The van der Waals surface area contributed by atoms with E-state index >= 15 is 0 Å². The second-order valence-electron chi connectivity index (χ2n) is 3.10. The summed E-state index contributed by atoms with van der Waals surface area (Å²) in [5.41, 5.74) is 8.87. The van der Waals surface area contributed by atoms with Gasteiger partial charge >= 0.3 is 5.97 Å². The summed E-state index contributed by atoms with van der Waals surface area (Å²) in [6, 6.07) is 7.18. The van der Waals surface area contributed by atoms with Crippen LogP contribution in [0.25, 0.3) is 10.4 Å². The Morgan fingerprint density at radius 3 is 2.59 bits per heavy atom. The summed E-state index contributed by atoms with van der Waals surface area (Å²) in [7, 11) is 0. The minimum Gasteiger partial charge on any atom is -0.460 e. The zero-order valence-electron chi connectivity index (χ0n) is 9.24. The molecule has 0 amide bonds. The molecule has 0 bridgehead atoms. The van der Waals surface area contributed by atoms with Gasteiger partial charge in [-0.2, -0.15) is 0 Å². The lowest BCUT2D eigenvalue weighted by Gasteiger charge is -2.09. The topological polar surface area (TPSA) is 92.1 Å². The highest BCUT2D eigenvalue weighted by Crippen LogP contribution is 2.19. The first-order valence-electron chi connectivity index (χ1n) is 5.00. The predicted octanol–water partition coefficient (Wildman–Crippen LogP) is 2.17. The van der Waals surface area contributed by atoms with Crippen LogP contribution in [0.4, 0.5) is 0 Å². The van der Waals surface area contributed by atoms with E-state index in [0.29, 0.717) is 5.56 Å². The molecule has 0 fully saturated rings. The standard InChI is InChI=1S/C11H11N3O3/c1-2-17-11(16)10(15)9(13-14-12)8-6-4-3-5-7-8/h3-7,9H,2H2,1H3. The van der Waals surface area contributed by atoms with E-state index in [9.17, 15) is 9.59 Å². The molecule has 0 aromatic heterocycles. The molecule has 1 rings (SSSR count). The molecular formula is C11H11N3O3. The van der Waals surface area contributed by atoms with Crippen molar-refractivity contribution in [3.8, 4) is 0 Å². The normalized spacial score (nSPS) is 11.1. The number of hydrogen-bond acceptors (Lipinski definition) is 4. The zero-order valence-corrected chi connectivity index (χ0v) is 9.24. The summed E-state index contributed by atoms with van der Waals surface area (Å²) in [6.45, 7) is 1.69. The second kappa shape index (κ2) is 6.30. The van der Waals surface area contributed by atoms with Crippen LogP contribution < -0.4 is 0 Å². The van der Waals surface area contributed by atoms with Crippen LogP contribution in [0.15, 0.2) is 35.4 Å². The van der Waals surface area contributed by atoms with Crippen molar-refractivity contribution in [2.45, 2.75) is 13.0 Å². The maximum Gasteiger partial charge on any atom is 0.375 e. The summed E-state index contributed by atoms with van der Waals surface area (Å²) in [4.78, 5) is 25.5. The summed E-state index contributed by atoms with van der Waals surface area (Å²) in [6.07, 6.45) is 0. The molecular weight excluding hydrogens is 222 g/mol. The van der Waals surface area contributed by atoms with Gasteiger partial charge in [-0.05, 0) is 18.0 Å². The molecule has 0 N–H and O–H groups in total. The molecule has 0 aliphatic carbocycles. The molecule has 0 aliphatic heterocycles. The molecule has 1 aromatic carbocycles. The Labute approximate surface area is 97.8 Å². The Balaban J connectivity index is 2.98. The molecule has 88 valence electrons. The van der Waals surface area contributed by atoms with E-state index in [2.05, 4.69) is 14.8 Å². The van der Waals surface area contributed by atoms with Crippen molar-refractivity contribution in [2.75, 3.05) is 6.61 Å². The van der Waals surface area contributed by atoms with Gasteiger partial charge in [0.05, 0.1) is 6.61 Å². The predicted molar refractivity (Wildman–Crippen MR) is 60.0 cm³/mol. The maximum absolute atomic E-state index is 11.7. The average Bonchev–Trinajstić information content (AvgIpc) is 2.36. The maximum atomic E-state index is 11.7. The SMILES string of the molecule is CCOC(=O)C(=O)C(N=[N+]=[N-])c1ccccc1. The molecule has 1 aromatic rings. The Kier molecular flexibility index (Phi) is 4.72. The molecule has 0 heterocycles. The van der Waals surface area contributed by atoms with Crippen molar-refractivity contribution >= 4 is 11.8 Å². The van der Waals surface area contributed by atoms with Crippen LogP contribution in [0, 0.1) is 0 Å². The van der Waals surface area contributed by atoms with Crippen molar-refractivity contribution in [1.29, 1.82) is 0 Å². The Bertz CT molecular complexity index is 452. The van der Waals surface area contributed by atoms with Crippen LogP contribution in [0.1, 0.15) is 18.5 Å². The first-order chi connectivity index (χ1) is 8.20. The quantitative estimate of drug-likeness (QED) is 0.256. The van der Waals surface area contributed by atoms with E-state index in [4.69, 9.17) is 5.53 Å². The van der Waals surface area contributed by atoms with E-state index in [1.165, 1.54) is 0 Å². The number of esters is 1. The lowest BCUT2D eigenvalue weighted by atomic mass is 10.0. The number of rotatable bonds is 5. The smallest absolute Gasteiger partial charge is 0.375 e. The second-order valence-corrected chi connectivity index (χ2v) is 3.10. The van der Waals surface area contributed by atoms with Gasteiger partial charge in [-0.15, -0.1) is 0 Å². The fraction of sp³-hybridized carbons (Fsp3) is 0.273. The van der Waals surface area contributed by atoms with Gasteiger partial charge in [-0.3, -0.25) is 4.79 Å². The van der Waals surface area contributed by atoms with E-state index in [1.807, 2.05) is 0 Å². The van der Waals surface area contributed by atoms with E-state index < -0.39 is 17.8 Å². The van der Waals surface area contributed by atoms with E-state index in [-0.39, 0.29) is 6.61 Å². The molecule has 1 atom stereocenters. The molecule has 0 saturated heterocycles. The minimum absolute atomic E-state index is 0.0996. The minimum atomic E-state index is -1.17. The first kappa shape index (κ1) is 12.7. The highest BCUT2D eigenvalue weighted by atomic mass is 16.5. The summed E-state index contributed by atoms with van der Waals surface area (Å²) >= 11 is 0. The third-order valence-electron chi connectivity index (χ3n) is 2.01. The zero-order chi connectivity index (χ0) is 12.7. The molecule has 0 spiro atoms. The average molecular weight is 233 g/mol. The fourth-order valence-electron chi connectivity index (χ4n) is 1.27. The Morgan fingerprint density at radius 1 is 1.41 bits per heavy atom. The lowest BCUT2D eigenvalue weighted by Crippen LogP contribution is -2.23. The molecule has 17 heavy (non-hydrogen) atoms. The first-order valence-corrected chi connectivity index (χ1v) is 5.00. The van der Waals surface area contributed by atoms with Gasteiger partial charge in [0.1, 0.15) is 6.04 Å². The molecule has 1 unspecified atom stereocenters. The highest BCUT2D eigenvalue weighted by molar-refractivity contribution is 6.35. The monoisotopic (exact) mass is 233 g/mol. The van der Waals surface area contributed by atoms with Crippen molar-refractivity contribution in [3.63, 3.8) is 0 Å². The van der Waals surface area contributed by atoms with Crippen LogP contribution in [0.2, 0.25) is 0 Å². The van der Waals surface area contributed by atoms with Gasteiger partial charge in [0.2, 0.25) is 0 Å². The number of ketones is 1. The van der Waals surface area contributed by atoms with Gasteiger partial charge in [-0.25, -0.2) is 4.79 Å². The third-order valence-corrected chi connectivity index (χ3v) is 2.01. The van der Waals surface area contributed by atoms with Crippen LogP contribution in [0.5, 0.6) is 0 Å². The summed E-state index contributed by atoms with van der Waals surface area (Å²) in [5.74, 6) is -1.86. The van der Waals surface area contributed by atoms with Crippen LogP contribution in [-0.2, 0) is 14.3 Å². The number of azide groups is 1. The van der Waals surface area contributed by atoms with Gasteiger partial charge in [0, 0.05) is 4.91 Å². The third kappa shape index (κ3) is 3.32. The number of carbonyl (C=O) groups excluding carboxylic acids is 2. The van der Waals surface area contributed by atoms with Crippen molar-refractivity contribution in [3.05, 3.63) is 46.3 Å². The molecule has 6 heteroatoms. The largest absolute Gasteiger partial charge is 0.460 e.